The Balaban J connectivity index is 1.14. The quantitative estimate of drug-likeness (QED) is 0.191. The first-order chi connectivity index (χ1) is 24.2. The average molecular weight is 632 g/mol. The highest BCUT2D eigenvalue weighted by atomic mass is 19.1. The number of fused-ring (bicyclic) bond motifs is 11. The van der Waals surface area contributed by atoms with Crippen molar-refractivity contribution in [1.29, 1.82) is 0 Å². The Labute approximate surface area is 279 Å². The van der Waals surface area contributed by atoms with Gasteiger partial charge in [-0.1, -0.05) is 84.9 Å². The van der Waals surface area contributed by atoms with Crippen LogP contribution in [-0.4, -0.2) is 13.5 Å². The van der Waals surface area contributed by atoms with E-state index >= 15 is 4.39 Å². The summed E-state index contributed by atoms with van der Waals surface area (Å²) in [5.74, 6) is -0.215. The minimum atomic E-state index is -0.215. The lowest BCUT2D eigenvalue weighted by Gasteiger charge is -2.08. The lowest BCUT2D eigenvalue weighted by atomic mass is 10.0. The number of hydrogen-bond donors (Lipinski definition) is 0. The summed E-state index contributed by atoms with van der Waals surface area (Å²) in [4.78, 5) is 0. The maximum atomic E-state index is 15.2. The van der Waals surface area contributed by atoms with Gasteiger partial charge in [-0.2, -0.15) is 0 Å². The molecule has 0 atom stereocenters. The van der Waals surface area contributed by atoms with Gasteiger partial charge in [0.1, 0.15) is 22.6 Å². The zero-order chi connectivity index (χ0) is 32.2. The van der Waals surface area contributed by atoms with Crippen molar-refractivity contribution in [2.75, 3.05) is 0 Å². The van der Waals surface area contributed by atoms with E-state index in [0.29, 0.717) is 5.39 Å². The Kier molecular flexibility index (Phi) is 5.25. The van der Waals surface area contributed by atoms with Gasteiger partial charge in [0.05, 0.1) is 27.6 Å². The monoisotopic (exact) mass is 631 g/mol. The van der Waals surface area contributed by atoms with Gasteiger partial charge < -0.3 is 8.98 Å². The number of halogens is 1. The third kappa shape index (κ3) is 3.61. The van der Waals surface area contributed by atoms with Crippen molar-refractivity contribution in [2.24, 2.45) is 0 Å². The molecule has 0 aliphatic rings. The number of rotatable bonds is 3. The molecule has 11 rings (SSSR count). The van der Waals surface area contributed by atoms with E-state index in [9.17, 15) is 0 Å². The summed E-state index contributed by atoms with van der Waals surface area (Å²) in [7, 11) is 0. The molecule has 230 valence electrons. The molecule has 0 aliphatic heterocycles. The van der Waals surface area contributed by atoms with Gasteiger partial charge in [-0.05, 0) is 78.4 Å². The fraction of sp³-hybridized carbons (Fsp3) is 0. The fourth-order valence-electron chi connectivity index (χ4n) is 8.00. The van der Waals surface area contributed by atoms with Crippen molar-refractivity contribution in [1.82, 2.24) is 13.5 Å². The second kappa shape index (κ2) is 9.72. The highest BCUT2D eigenvalue weighted by Crippen LogP contribution is 2.40. The normalized spacial score (nSPS) is 12.2. The molecule has 0 amide bonds. The van der Waals surface area contributed by atoms with Crippen molar-refractivity contribution < 1.29 is 8.81 Å². The Morgan fingerprint density at radius 2 is 1.24 bits per heavy atom. The van der Waals surface area contributed by atoms with Crippen LogP contribution in [0.25, 0.3) is 93.8 Å². The van der Waals surface area contributed by atoms with Crippen LogP contribution >= 0.6 is 0 Å². The van der Waals surface area contributed by atoms with Crippen LogP contribution in [0.2, 0.25) is 0 Å². The van der Waals surface area contributed by atoms with E-state index in [1.165, 1.54) is 17.0 Å². The van der Waals surface area contributed by atoms with E-state index in [-0.39, 0.29) is 5.82 Å². The SMILES string of the molecule is Fc1cccc2c1c1ccccc1n2-c1ccc2oc3c(-c4ccc5c(c4)n4c6ccccc6cc4n5-c4ccccc4)cccc3c2c1. The molecular formula is C44H26FN3O. The summed E-state index contributed by atoms with van der Waals surface area (Å²) in [6.07, 6.45) is 0. The molecule has 0 spiro atoms. The molecule has 4 heterocycles. The Hall–Kier alpha value is -6.59. The van der Waals surface area contributed by atoms with Gasteiger partial charge in [0.15, 0.2) is 0 Å². The van der Waals surface area contributed by atoms with E-state index < -0.39 is 0 Å². The van der Waals surface area contributed by atoms with Crippen molar-refractivity contribution in [3.05, 3.63) is 164 Å². The van der Waals surface area contributed by atoms with Gasteiger partial charge >= 0.3 is 0 Å². The second-order valence-corrected chi connectivity index (χ2v) is 12.7. The number of nitrogens with zero attached hydrogens (tertiary/aromatic N) is 3. The van der Waals surface area contributed by atoms with Crippen LogP contribution in [0.1, 0.15) is 0 Å². The predicted molar refractivity (Wildman–Crippen MR) is 199 cm³/mol. The van der Waals surface area contributed by atoms with Crippen LogP contribution < -0.4 is 0 Å². The minimum Gasteiger partial charge on any atom is -0.455 e. The van der Waals surface area contributed by atoms with Gasteiger partial charge in [0.25, 0.3) is 0 Å². The molecule has 0 saturated carbocycles. The summed E-state index contributed by atoms with van der Waals surface area (Å²) in [6, 6.07) is 54.0. The summed E-state index contributed by atoms with van der Waals surface area (Å²) < 4.78 is 28.7. The molecule has 0 aliphatic carbocycles. The standard InChI is InChI=1S/C44H26FN3O/c45-35-16-9-19-39-43(35)33-13-5-7-18-37(33)46(39)30-21-23-41-34(26-30)32-15-8-14-31(44(32)49-41)27-20-22-38-40(24-27)48-36-17-6-4-10-28(36)25-42(48)47(38)29-11-2-1-3-12-29/h1-26H. The second-order valence-electron chi connectivity index (χ2n) is 12.7. The molecule has 11 aromatic rings. The molecule has 4 aromatic heterocycles. The number of furan rings is 1. The predicted octanol–water partition coefficient (Wildman–Crippen LogP) is 11.8. The number of benzene rings is 7. The van der Waals surface area contributed by atoms with Crippen molar-refractivity contribution in [3.8, 4) is 22.5 Å². The van der Waals surface area contributed by atoms with Crippen LogP contribution in [0, 0.1) is 5.82 Å². The molecule has 5 heteroatoms. The van der Waals surface area contributed by atoms with Crippen LogP contribution in [0.5, 0.6) is 0 Å². The van der Waals surface area contributed by atoms with Crippen LogP contribution in [0.15, 0.2) is 162 Å². The van der Waals surface area contributed by atoms with Crippen LogP contribution in [0.3, 0.4) is 0 Å². The fourth-order valence-corrected chi connectivity index (χ4v) is 8.00. The number of para-hydroxylation sites is 4. The Morgan fingerprint density at radius 1 is 0.469 bits per heavy atom. The van der Waals surface area contributed by atoms with E-state index in [1.807, 2.05) is 30.3 Å². The maximum Gasteiger partial charge on any atom is 0.143 e. The highest BCUT2D eigenvalue weighted by Gasteiger charge is 2.20. The van der Waals surface area contributed by atoms with Gasteiger partial charge in [0.2, 0.25) is 0 Å². The highest BCUT2D eigenvalue weighted by molar-refractivity contribution is 6.12. The lowest BCUT2D eigenvalue weighted by molar-refractivity contribution is 0.640. The maximum absolute atomic E-state index is 15.2. The Morgan fingerprint density at radius 3 is 2.16 bits per heavy atom. The van der Waals surface area contributed by atoms with Crippen molar-refractivity contribution >= 4 is 71.3 Å². The van der Waals surface area contributed by atoms with E-state index in [0.717, 1.165) is 77.5 Å². The van der Waals surface area contributed by atoms with Gasteiger partial charge in [-0.25, -0.2) is 4.39 Å². The zero-order valence-electron chi connectivity index (χ0n) is 26.1. The molecule has 0 N–H and O–H groups in total. The summed E-state index contributed by atoms with van der Waals surface area (Å²) in [5.41, 5.74) is 12.2. The third-order valence-corrected chi connectivity index (χ3v) is 10.1. The molecule has 4 nitrogen and oxygen atoms in total. The first-order valence-corrected chi connectivity index (χ1v) is 16.5. The first-order valence-electron chi connectivity index (χ1n) is 16.5. The van der Waals surface area contributed by atoms with Crippen LogP contribution in [-0.2, 0) is 0 Å². The summed E-state index contributed by atoms with van der Waals surface area (Å²) in [6.45, 7) is 0. The first kappa shape index (κ1) is 26.5. The molecule has 0 fully saturated rings. The van der Waals surface area contributed by atoms with E-state index in [1.54, 1.807) is 6.07 Å². The van der Waals surface area contributed by atoms with Crippen molar-refractivity contribution in [3.63, 3.8) is 0 Å². The van der Waals surface area contributed by atoms with Gasteiger partial charge in [0, 0.05) is 43.9 Å². The van der Waals surface area contributed by atoms with Crippen LogP contribution in [0.4, 0.5) is 4.39 Å². The van der Waals surface area contributed by atoms with Crippen molar-refractivity contribution in [2.45, 2.75) is 0 Å². The minimum absolute atomic E-state index is 0.215. The van der Waals surface area contributed by atoms with Gasteiger partial charge in [-0.3, -0.25) is 8.97 Å². The number of imidazole rings is 1. The van der Waals surface area contributed by atoms with E-state index in [4.69, 9.17) is 4.42 Å². The molecule has 0 saturated heterocycles. The Bertz CT molecular complexity index is 3120. The molecule has 7 aromatic carbocycles. The lowest BCUT2D eigenvalue weighted by Crippen LogP contribution is -1.93. The number of hydrogen-bond acceptors (Lipinski definition) is 1. The topological polar surface area (TPSA) is 27.4 Å². The largest absolute Gasteiger partial charge is 0.455 e. The molecule has 49 heavy (non-hydrogen) atoms. The van der Waals surface area contributed by atoms with Gasteiger partial charge in [-0.15, -0.1) is 0 Å². The summed E-state index contributed by atoms with van der Waals surface area (Å²) in [5, 5.41) is 4.80. The molecule has 0 unspecified atom stereocenters. The smallest absolute Gasteiger partial charge is 0.143 e. The number of aromatic nitrogens is 3. The zero-order valence-corrected chi connectivity index (χ0v) is 26.1. The average Bonchev–Trinajstić information content (AvgIpc) is 3.88. The molecular weight excluding hydrogens is 606 g/mol. The summed E-state index contributed by atoms with van der Waals surface area (Å²) >= 11 is 0. The van der Waals surface area contributed by atoms with E-state index in [2.05, 4.69) is 129 Å². The molecule has 0 bridgehead atoms. The molecule has 0 radical (unpaired) electrons. The third-order valence-electron chi connectivity index (χ3n) is 10.1.